The van der Waals surface area contributed by atoms with Crippen molar-refractivity contribution in [1.82, 2.24) is 17.4 Å². The normalized spacial score (nSPS) is 12.0. The highest BCUT2D eigenvalue weighted by atomic mass is 31.2. The van der Waals surface area contributed by atoms with Gasteiger partial charge in [-0.15, -0.1) is 0 Å². The lowest BCUT2D eigenvalue weighted by molar-refractivity contribution is 0.582. The number of hydrogen-bond acceptors (Lipinski definition) is 2. The van der Waals surface area contributed by atoms with E-state index >= 15 is 0 Å². The van der Waals surface area contributed by atoms with E-state index in [4.69, 9.17) is 9.05 Å². The molecule has 6 nitrogen and oxygen atoms in total. The summed E-state index contributed by atoms with van der Waals surface area (Å²) in [4.78, 5) is 0. The lowest BCUT2D eigenvalue weighted by Crippen LogP contribution is -2.10. The van der Waals surface area contributed by atoms with E-state index in [-0.39, 0.29) is 0 Å². The molecule has 0 atom stereocenters. The van der Waals surface area contributed by atoms with Crippen LogP contribution in [-0.4, -0.2) is 17.4 Å². The van der Waals surface area contributed by atoms with Gasteiger partial charge in [-0.25, -0.2) is 0 Å². The molecule has 62 heavy (non-hydrogen) atoms. The van der Waals surface area contributed by atoms with Gasteiger partial charge in [0.25, 0.3) is 0 Å². The zero-order chi connectivity index (χ0) is 43.1. The van der Waals surface area contributed by atoms with Crippen LogP contribution in [0.25, 0.3) is 54.7 Å². The van der Waals surface area contributed by atoms with Gasteiger partial charge < -0.3 is 9.05 Å². The molecule has 6 aromatic carbocycles. The number of nitrogens with zero attached hydrogens (tertiary/aromatic N) is 4. The van der Waals surface area contributed by atoms with Crippen LogP contribution in [0.1, 0.15) is 55.6 Å². The number of aryl methyl sites for hydroxylation is 8. The second kappa shape index (κ2) is 15.4. The summed E-state index contributed by atoms with van der Waals surface area (Å²) >= 11 is 0. The van der Waals surface area contributed by atoms with Gasteiger partial charge in [0.2, 0.25) is 0 Å². The highest BCUT2D eigenvalue weighted by Crippen LogP contribution is 2.56. The molecule has 310 valence electrons. The van der Waals surface area contributed by atoms with Crippen molar-refractivity contribution >= 4 is 60.5 Å². The third-order valence-electron chi connectivity index (χ3n) is 12.9. The standard InChI is InChI=1S/C54H52N4O2P2/c1-33-27-35(3)51(53(41(33)9)59-61(55-29-37(5)43-19-11-15-23-47(43)55)56-30-38(6)44-20-12-16-24-48(44)56)52-36(4)28-34(2)42(10)54(52)60-62(57-31-39(7)45-21-13-17-25-49(45)57)58-32-40(8)46-22-14-18-26-50(46)58/h11-32H,1-10H3. The molecule has 4 heterocycles. The van der Waals surface area contributed by atoms with Crippen LogP contribution in [0.3, 0.4) is 0 Å². The predicted molar refractivity (Wildman–Crippen MR) is 264 cm³/mol. The lowest BCUT2D eigenvalue weighted by atomic mass is 9.88. The monoisotopic (exact) mass is 850 g/mol. The Morgan fingerprint density at radius 2 is 0.581 bits per heavy atom. The summed E-state index contributed by atoms with van der Waals surface area (Å²) < 4.78 is 25.1. The van der Waals surface area contributed by atoms with Crippen LogP contribution in [-0.2, 0) is 0 Å². The predicted octanol–water partition coefficient (Wildman–Crippen LogP) is 15.7. The third-order valence-corrected chi connectivity index (χ3v) is 16.4. The molecule has 0 N–H and O–H groups in total. The fourth-order valence-electron chi connectivity index (χ4n) is 9.38. The average Bonchev–Trinajstić information content (AvgIpc) is 4.00. The van der Waals surface area contributed by atoms with Gasteiger partial charge >= 0.3 is 16.9 Å². The highest BCUT2D eigenvalue weighted by molar-refractivity contribution is 7.50. The lowest BCUT2D eigenvalue weighted by Gasteiger charge is -2.29. The molecule has 10 rings (SSSR count). The number of fused-ring (bicyclic) bond motifs is 4. The van der Waals surface area contributed by atoms with Crippen molar-refractivity contribution in [2.24, 2.45) is 0 Å². The number of hydrogen-bond donors (Lipinski definition) is 0. The molecule has 0 aliphatic heterocycles. The first kappa shape index (κ1) is 40.0. The Morgan fingerprint density at radius 1 is 0.323 bits per heavy atom. The first-order valence-electron chi connectivity index (χ1n) is 21.4. The van der Waals surface area contributed by atoms with Crippen molar-refractivity contribution in [3.05, 3.63) is 190 Å². The minimum absolute atomic E-state index is 0.879. The summed E-state index contributed by atoms with van der Waals surface area (Å²) in [7, 11) is -3.00. The Morgan fingerprint density at radius 3 is 0.855 bits per heavy atom. The van der Waals surface area contributed by atoms with Crippen LogP contribution in [0.2, 0.25) is 0 Å². The molecule has 0 radical (unpaired) electrons. The molecule has 0 fully saturated rings. The zero-order valence-corrected chi connectivity index (χ0v) is 39.0. The van der Waals surface area contributed by atoms with Crippen molar-refractivity contribution in [3.63, 3.8) is 0 Å². The Bertz CT molecular complexity index is 3010. The zero-order valence-electron chi connectivity index (χ0n) is 37.2. The summed E-state index contributed by atoms with van der Waals surface area (Å²) in [5, 5.41) is 4.90. The molecule has 4 aromatic heterocycles. The summed E-state index contributed by atoms with van der Waals surface area (Å²) in [6.07, 6.45) is 9.09. The van der Waals surface area contributed by atoms with E-state index in [0.717, 1.165) is 66.9 Å². The Labute approximate surface area is 366 Å². The second-order valence-corrected chi connectivity index (χ2v) is 20.2. The molecular weight excluding hydrogens is 799 g/mol. The van der Waals surface area contributed by atoms with Gasteiger partial charge in [-0.2, -0.15) is 0 Å². The summed E-state index contributed by atoms with van der Waals surface area (Å²) in [5.74, 6) is 1.76. The maximum absolute atomic E-state index is 7.81. The van der Waals surface area contributed by atoms with Gasteiger partial charge in [-0.1, -0.05) is 84.9 Å². The molecule has 8 heteroatoms. The van der Waals surface area contributed by atoms with Gasteiger partial charge in [-0.05, 0) is 149 Å². The number of rotatable bonds is 9. The van der Waals surface area contributed by atoms with Crippen molar-refractivity contribution in [2.45, 2.75) is 69.2 Å². The molecule has 0 unspecified atom stereocenters. The largest absolute Gasteiger partial charge is 0.435 e. The third kappa shape index (κ3) is 6.38. The van der Waals surface area contributed by atoms with E-state index in [1.165, 1.54) is 54.9 Å². The molecular formula is C54H52N4O2P2. The maximum Gasteiger partial charge on any atom is 0.318 e. The molecule has 10 aromatic rings. The van der Waals surface area contributed by atoms with Gasteiger partial charge in [-0.3, -0.25) is 17.4 Å². The van der Waals surface area contributed by atoms with Gasteiger partial charge in [0, 0.05) is 57.5 Å². The van der Waals surface area contributed by atoms with Crippen molar-refractivity contribution < 1.29 is 9.05 Å². The molecule has 0 amide bonds. The van der Waals surface area contributed by atoms with E-state index in [9.17, 15) is 0 Å². The minimum Gasteiger partial charge on any atom is -0.435 e. The first-order chi connectivity index (χ1) is 29.9. The van der Waals surface area contributed by atoms with Crippen LogP contribution < -0.4 is 9.05 Å². The van der Waals surface area contributed by atoms with Crippen molar-refractivity contribution in [3.8, 4) is 22.6 Å². The van der Waals surface area contributed by atoms with E-state index < -0.39 is 16.9 Å². The summed E-state index contributed by atoms with van der Waals surface area (Å²) in [6.45, 7) is 22.1. The van der Waals surface area contributed by atoms with Crippen LogP contribution in [0.4, 0.5) is 0 Å². The Kier molecular flexibility index (Phi) is 9.93. The molecule has 0 saturated heterocycles. The Hall–Kier alpha value is -6.06. The van der Waals surface area contributed by atoms with Crippen molar-refractivity contribution in [1.29, 1.82) is 0 Å². The van der Waals surface area contributed by atoms with Crippen LogP contribution >= 0.6 is 16.9 Å². The Balaban J connectivity index is 1.23. The second-order valence-electron chi connectivity index (χ2n) is 17.1. The van der Waals surface area contributed by atoms with Crippen LogP contribution in [0, 0.1) is 69.2 Å². The smallest absolute Gasteiger partial charge is 0.318 e. The first-order valence-corrected chi connectivity index (χ1v) is 23.7. The fraction of sp³-hybridized carbons (Fsp3) is 0.185. The number of aromatic nitrogens is 4. The molecule has 0 bridgehead atoms. The molecule has 0 aliphatic rings. The average molecular weight is 851 g/mol. The highest BCUT2D eigenvalue weighted by Gasteiger charge is 2.31. The number of para-hydroxylation sites is 4. The van der Waals surface area contributed by atoms with Gasteiger partial charge in [0.15, 0.2) is 0 Å². The quantitative estimate of drug-likeness (QED) is 0.136. The van der Waals surface area contributed by atoms with E-state index in [0.29, 0.717) is 0 Å². The van der Waals surface area contributed by atoms with E-state index in [1.807, 2.05) is 0 Å². The molecule has 0 saturated carbocycles. The number of benzene rings is 6. The van der Waals surface area contributed by atoms with E-state index in [2.05, 4.69) is 221 Å². The van der Waals surface area contributed by atoms with Crippen LogP contribution in [0.5, 0.6) is 11.5 Å². The SMILES string of the molecule is Cc1cc(C)c(-c2c(C)cc(C)c(C)c2OP(n2cc(C)c3ccccc32)n2cc(C)c3ccccc32)c(OP(n2cc(C)c3ccccc32)n2cc(C)c3ccccc32)c1C. The van der Waals surface area contributed by atoms with Gasteiger partial charge in [0.1, 0.15) is 11.5 Å². The van der Waals surface area contributed by atoms with Crippen LogP contribution in [0.15, 0.2) is 134 Å². The summed E-state index contributed by atoms with van der Waals surface area (Å²) in [5.41, 5.74) is 18.5. The van der Waals surface area contributed by atoms with E-state index in [1.54, 1.807) is 0 Å². The molecule has 0 aliphatic carbocycles. The topological polar surface area (TPSA) is 38.2 Å². The minimum atomic E-state index is -1.50. The molecule has 0 spiro atoms. The summed E-state index contributed by atoms with van der Waals surface area (Å²) in [6, 6.07) is 39.4. The van der Waals surface area contributed by atoms with Gasteiger partial charge in [0.05, 0.1) is 22.1 Å². The van der Waals surface area contributed by atoms with Crippen molar-refractivity contribution in [2.75, 3.05) is 0 Å². The fourth-order valence-corrected chi connectivity index (χ4v) is 13.5. The maximum atomic E-state index is 7.81.